The number of amides is 1. The molecule has 0 aliphatic carbocycles. The number of ether oxygens (including phenoxy) is 1. The Kier molecular flexibility index (Phi) is 7.40. The highest BCUT2D eigenvalue weighted by Crippen LogP contribution is 2.27. The largest absolute Gasteiger partial charge is 0.449 e. The summed E-state index contributed by atoms with van der Waals surface area (Å²) in [6.07, 6.45) is 0.399. The van der Waals surface area contributed by atoms with Gasteiger partial charge in [-0.2, -0.15) is 0 Å². The molecule has 1 amide bonds. The molecule has 0 bridgehead atoms. The Hall–Kier alpha value is -4.01. The van der Waals surface area contributed by atoms with Gasteiger partial charge in [-0.3, -0.25) is 19.7 Å². The second kappa shape index (κ2) is 9.97. The molecule has 2 aromatic carbocycles. The number of esters is 1. The topological polar surface area (TPSA) is 128 Å². The maximum atomic E-state index is 13.0. The van der Waals surface area contributed by atoms with Crippen molar-refractivity contribution in [2.24, 2.45) is 0 Å². The van der Waals surface area contributed by atoms with Crippen molar-refractivity contribution in [2.45, 2.75) is 13.0 Å². The minimum atomic E-state index is -1.09. The smallest absolute Gasteiger partial charge is 0.339 e. The first-order chi connectivity index (χ1) is 14.3. The molecule has 2 N–H and O–H groups in total. The number of nitrogens with zero attached hydrogens (tertiary/aromatic N) is 1. The summed E-state index contributed by atoms with van der Waals surface area (Å²) in [7, 11) is 1.53. The van der Waals surface area contributed by atoms with Crippen LogP contribution < -0.4 is 10.6 Å². The van der Waals surface area contributed by atoms with E-state index in [0.717, 1.165) is 6.07 Å². The fourth-order valence-electron chi connectivity index (χ4n) is 2.64. The van der Waals surface area contributed by atoms with Gasteiger partial charge < -0.3 is 15.4 Å². The predicted molar refractivity (Wildman–Crippen MR) is 111 cm³/mol. The molecule has 1 atom stereocenters. The van der Waals surface area contributed by atoms with Gasteiger partial charge in [-0.15, -0.1) is 6.58 Å². The molecular formula is C21H21N3O6. The van der Waals surface area contributed by atoms with Gasteiger partial charge in [-0.25, -0.2) is 4.79 Å². The molecule has 30 heavy (non-hydrogen) atoms. The van der Waals surface area contributed by atoms with E-state index in [4.69, 9.17) is 4.74 Å². The van der Waals surface area contributed by atoms with E-state index in [1.54, 1.807) is 12.1 Å². The zero-order chi connectivity index (χ0) is 22.3. The molecule has 2 aromatic rings. The number of ketones is 1. The van der Waals surface area contributed by atoms with Crippen molar-refractivity contribution in [3.63, 3.8) is 0 Å². The van der Waals surface area contributed by atoms with Gasteiger partial charge in [0, 0.05) is 30.8 Å². The molecule has 0 spiro atoms. The second-order valence-electron chi connectivity index (χ2n) is 6.20. The predicted octanol–water partition coefficient (Wildman–Crippen LogP) is 2.72. The van der Waals surface area contributed by atoms with Crippen LogP contribution in [0.5, 0.6) is 0 Å². The highest BCUT2D eigenvalue weighted by atomic mass is 16.6. The van der Waals surface area contributed by atoms with E-state index in [2.05, 4.69) is 17.2 Å². The third-order valence-corrected chi connectivity index (χ3v) is 4.19. The molecule has 0 aliphatic rings. The van der Waals surface area contributed by atoms with Crippen molar-refractivity contribution < 1.29 is 24.0 Å². The summed E-state index contributed by atoms with van der Waals surface area (Å²) < 4.78 is 5.16. The Balaban J connectivity index is 2.32. The molecular weight excluding hydrogens is 390 g/mol. The molecule has 0 radical (unpaired) electrons. The second-order valence-corrected chi connectivity index (χ2v) is 6.20. The lowest BCUT2D eigenvalue weighted by Crippen LogP contribution is -2.36. The van der Waals surface area contributed by atoms with Crippen molar-refractivity contribution in [3.8, 4) is 0 Å². The first-order valence-corrected chi connectivity index (χ1v) is 8.99. The zero-order valence-corrected chi connectivity index (χ0v) is 16.5. The lowest BCUT2D eigenvalue weighted by Gasteiger charge is -2.14. The van der Waals surface area contributed by atoms with Crippen LogP contribution >= 0.6 is 0 Å². The molecule has 9 nitrogen and oxygen atoms in total. The molecule has 0 aromatic heterocycles. The van der Waals surface area contributed by atoms with E-state index in [1.807, 2.05) is 0 Å². The standard InChI is InChI=1S/C21H21N3O6/c1-4-11-23-20(26)13(2)30-21(27)16-8-6-5-7-15(16)19(25)14-9-10-17(22-3)18(12-14)24(28)29/h4-10,12-13,22H,1,11H2,2-3H3,(H,23,26)/t13-/m1/s1. The Morgan fingerprint density at radius 2 is 1.87 bits per heavy atom. The monoisotopic (exact) mass is 411 g/mol. The van der Waals surface area contributed by atoms with E-state index in [1.165, 1.54) is 44.3 Å². The summed E-state index contributed by atoms with van der Waals surface area (Å²) in [4.78, 5) is 48.1. The van der Waals surface area contributed by atoms with Crippen molar-refractivity contribution in [1.82, 2.24) is 5.32 Å². The number of carbonyl (C=O) groups excluding carboxylic acids is 3. The first-order valence-electron chi connectivity index (χ1n) is 8.99. The van der Waals surface area contributed by atoms with Crippen LogP contribution in [-0.4, -0.2) is 42.3 Å². The number of nitrogens with one attached hydrogen (secondary N) is 2. The van der Waals surface area contributed by atoms with Crippen LogP contribution in [0.2, 0.25) is 0 Å². The normalized spacial score (nSPS) is 11.1. The van der Waals surface area contributed by atoms with Crippen LogP contribution in [0.25, 0.3) is 0 Å². The zero-order valence-electron chi connectivity index (χ0n) is 16.5. The fourth-order valence-corrected chi connectivity index (χ4v) is 2.64. The number of anilines is 1. The van der Waals surface area contributed by atoms with Crippen molar-refractivity contribution in [2.75, 3.05) is 18.9 Å². The minimum Gasteiger partial charge on any atom is -0.449 e. The average Bonchev–Trinajstić information content (AvgIpc) is 2.76. The molecule has 9 heteroatoms. The Bertz CT molecular complexity index is 1000. The Labute approximate surface area is 172 Å². The van der Waals surface area contributed by atoms with Crippen LogP contribution in [0.3, 0.4) is 0 Å². The number of nitro benzene ring substituents is 1. The molecule has 0 aliphatic heterocycles. The molecule has 0 saturated heterocycles. The summed E-state index contributed by atoms with van der Waals surface area (Å²) in [5.41, 5.74) is -0.0174. The van der Waals surface area contributed by atoms with Crippen LogP contribution in [0.15, 0.2) is 55.1 Å². The highest BCUT2D eigenvalue weighted by molar-refractivity contribution is 6.15. The van der Waals surface area contributed by atoms with Crippen LogP contribution in [0.1, 0.15) is 33.2 Å². The molecule has 156 valence electrons. The molecule has 0 fully saturated rings. The number of benzene rings is 2. The molecule has 0 heterocycles. The Morgan fingerprint density at radius 1 is 1.20 bits per heavy atom. The summed E-state index contributed by atoms with van der Waals surface area (Å²) >= 11 is 0. The summed E-state index contributed by atoms with van der Waals surface area (Å²) in [6.45, 7) is 5.10. The minimum absolute atomic E-state index is 0.00713. The third-order valence-electron chi connectivity index (χ3n) is 4.19. The maximum Gasteiger partial charge on any atom is 0.339 e. The van der Waals surface area contributed by atoms with Gasteiger partial charge in [0.1, 0.15) is 5.69 Å². The number of nitro groups is 1. The van der Waals surface area contributed by atoms with E-state index in [0.29, 0.717) is 0 Å². The maximum absolute atomic E-state index is 13.0. The summed E-state index contributed by atoms with van der Waals surface area (Å²) in [5.74, 6) is -1.95. The molecule has 0 unspecified atom stereocenters. The van der Waals surface area contributed by atoms with Crippen molar-refractivity contribution in [1.29, 1.82) is 0 Å². The summed E-state index contributed by atoms with van der Waals surface area (Å²) in [5, 5.41) is 16.5. The number of hydrogen-bond acceptors (Lipinski definition) is 7. The quantitative estimate of drug-likeness (QED) is 0.213. The average molecular weight is 411 g/mol. The number of hydrogen-bond donors (Lipinski definition) is 2. The summed E-state index contributed by atoms with van der Waals surface area (Å²) in [6, 6.07) is 9.89. The van der Waals surface area contributed by atoms with Crippen molar-refractivity contribution >= 4 is 29.0 Å². The van der Waals surface area contributed by atoms with Gasteiger partial charge in [-0.05, 0) is 25.1 Å². The van der Waals surface area contributed by atoms with E-state index in [9.17, 15) is 24.5 Å². The van der Waals surface area contributed by atoms with Gasteiger partial charge in [0.15, 0.2) is 11.9 Å². The first kappa shape index (κ1) is 22.3. The molecule has 2 rings (SSSR count). The Morgan fingerprint density at radius 3 is 2.47 bits per heavy atom. The van der Waals surface area contributed by atoms with Gasteiger partial charge in [-0.1, -0.05) is 24.3 Å². The van der Waals surface area contributed by atoms with E-state index < -0.39 is 28.7 Å². The SMILES string of the molecule is C=CCNC(=O)[C@@H](C)OC(=O)c1ccccc1C(=O)c1ccc(NC)c([N+](=O)[O-])c1. The lowest BCUT2D eigenvalue weighted by molar-refractivity contribution is -0.384. The molecule has 0 saturated carbocycles. The van der Waals surface area contributed by atoms with Gasteiger partial charge in [0.05, 0.1) is 10.5 Å². The highest BCUT2D eigenvalue weighted by Gasteiger charge is 2.24. The fraction of sp³-hybridized carbons (Fsp3) is 0.190. The van der Waals surface area contributed by atoms with E-state index in [-0.39, 0.29) is 34.6 Å². The van der Waals surface area contributed by atoms with Crippen LogP contribution in [-0.2, 0) is 9.53 Å². The lowest BCUT2D eigenvalue weighted by atomic mass is 9.97. The van der Waals surface area contributed by atoms with Crippen LogP contribution in [0, 0.1) is 10.1 Å². The van der Waals surface area contributed by atoms with E-state index >= 15 is 0 Å². The van der Waals surface area contributed by atoms with Gasteiger partial charge in [0.2, 0.25) is 0 Å². The number of rotatable bonds is 9. The van der Waals surface area contributed by atoms with Crippen LogP contribution in [0.4, 0.5) is 11.4 Å². The van der Waals surface area contributed by atoms with Gasteiger partial charge in [0.25, 0.3) is 11.6 Å². The van der Waals surface area contributed by atoms with Crippen molar-refractivity contribution in [3.05, 3.63) is 81.9 Å². The number of carbonyl (C=O) groups is 3. The van der Waals surface area contributed by atoms with Gasteiger partial charge >= 0.3 is 5.97 Å². The third kappa shape index (κ3) is 5.07.